The highest BCUT2D eigenvalue weighted by Gasteiger charge is 2.42. The van der Waals surface area contributed by atoms with Gasteiger partial charge in [-0.25, -0.2) is 18.3 Å². The van der Waals surface area contributed by atoms with E-state index in [9.17, 15) is 26.7 Å². The fraction of sp³-hybridized carbons (Fsp3) is 0.227. The highest BCUT2D eigenvalue weighted by atomic mass is 19.4. The van der Waals surface area contributed by atoms with Crippen LogP contribution in [0.15, 0.2) is 59.0 Å². The molecule has 1 unspecified atom stereocenters. The first kappa shape index (κ1) is 22.4. The summed E-state index contributed by atoms with van der Waals surface area (Å²) in [5.41, 5.74) is -2.75. The normalized spacial score (nSPS) is 16.1. The fourth-order valence-electron chi connectivity index (χ4n) is 3.56. The van der Waals surface area contributed by atoms with Crippen LogP contribution in [0.25, 0.3) is 17.0 Å². The molecular weight excluding hydrogens is 449 g/mol. The van der Waals surface area contributed by atoms with E-state index in [4.69, 9.17) is 9.26 Å². The van der Waals surface area contributed by atoms with Crippen LogP contribution in [0.1, 0.15) is 41.0 Å². The third-order valence-electron chi connectivity index (χ3n) is 4.96. The van der Waals surface area contributed by atoms with E-state index in [1.165, 1.54) is 31.2 Å². The molecule has 0 saturated carbocycles. The number of ether oxygens (including phenoxy) is 1. The molecule has 0 aliphatic heterocycles. The number of rotatable bonds is 5. The molecule has 1 aliphatic rings. The predicted octanol–water partition coefficient (Wildman–Crippen LogP) is 5.76. The van der Waals surface area contributed by atoms with Crippen molar-refractivity contribution in [3.8, 4) is 17.0 Å². The summed E-state index contributed by atoms with van der Waals surface area (Å²) in [6.45, 7) is 1.43. The second-order valence-electron chi connectivity index (χ2n) is 7.06. The molecule has 6 nitrogen and oxygen atoms in total. The molecule has 1 aromatic carbocycles. The lowest BCUT2D eigenvalue weighted by Gasteiger charge is -2.15. The highest BCUT2D eigenvalue weighted by molar-refractivity contribution is 5.97. The lowest BCUT2D eigenvalue weighted by atomic mass is 9.92. The standard InChI is InChI=1S/C22H16F5N3O3/c1-2-32-21(31)17-18(14-8-3-4-9-16(14)24)29-33-19(17)15-11-28-30(20(15)22(25,26)27)13-7-5-6-12(23)10-13/h3-7,9-11,14H,2,8H2,1H3. The molecule has 1 aliphatic carbocycles. The number of carbonyl (C=O) groups is 1. The molecule has 2 aromatic heterocycles. The summed E-state index contributed by atoms with van der Waals surface area (Å²) in [5, 5.41) is 7.48. The van der Waals surface area contributed by atoms with E-state index in [1.807, 2.05) is 0 Å². The monoisotopic (exact) mass is 465 g/mol. The number of halogens is 5. The Balaban J connectivity index is 1.93. The molecule has 0 N–H and O–H groups in total. The Kier molecular flexibility index (Phi) is 5.88. The van der Waals surface area contributed by atoms with Crippen LogP contribution < -0.4 is 0 Å². The predicted molar refractivity (Wildman–Crippen MR) is 106 cm³/mol. The van der Waals surface area contributed by atoms with E-state index in [0.29, 0.717) is 4.68 Å². The summed E-state index contributed by atoms with van der Waals surface area (Å²) in [7, 11) is 0. The van der Waals surface area contributed by atoms with Gasteiger partial charge < -0.3 is 9.26 Å². The largest absolute Gasteiger partial charge is 0.462 e. The molecule has 0 radical (unpaired) electrons. The van der Waals surface area contributed by atoms with Crippen molar-refractivity contribution in [3.05, 3.63) is 77.3 Å². The number of nitrogens with zero attached hydrogens (tertiary/aromatic N) is 3. The molecule has 2 heterocycles. The summed E-state index contributed by atoms with van der Waals surface area (Å²) >= 11 is 0. The molecule has 0 saturated heterocycles. The van der Waals surface area contributed by atoms with Gasteiger partial charge >= 0.3 is 12.1 Å². The van der Waals surface area contributed by atoms with Gasteiger partial charge in [0.25, 0.3) is 0 Å². The van der Waals surface area contributed by atoms with Crippen LogP contribution in [0.2, 0.25) is 0 Å². The van der Waals surface area contributed by atoms with E-state index in [2.05, 4.69) is 10.3 Å². The Morgan fingerprint density at radius 1 is 1.30 bits per heavy atom. The summed E-state index contributed by atoms with van der Waals surface area (Å²) in [5.74, 6) is -4.01. The Bertz CT molecular complexity index is 1260. The lowest BCUT2D eigenvalue weighted by Crippen LogP contribution is -2.16. The van der Waals surface area contributed by atoms with Crippen molar-refractivity contribution in [2.24, 2.45) is 0 Å². The van der Waals surface area contributed by atoms with Crippen molar-refractivity contribution in [1.29, 1.82) is 0 Å². The zero-order valence-electron chi connectivity index (χ0n) is 17.1. The molecule has 4 rings (SSSR count). The molecule has 33 heavy (non-hydrogen) atoms. The lowest BCUT2D eigenvalue weighted by molar-refractivity contribution is -0.142. The van der Waals surface area contributed by atoms with Crippen LogP contribution in [0.5, 0.6) is 0 Å². The quantitative estimate of drug-likeness (QED) is 0.354. The van der Waals surface area contributed by atoms with Crippen LogP contribution in [-0.4, -0.2) is 27.5 Å². The molecule has 0 bridgehead atoms. The van der Waals surface area contributed by atoms with Crippen LogP contribution in [0.3, 0.4) is 0 Å². The molecule has 0 amide bonds. The summed E-state index contributed by atoms with van der Waals surface area (Å²) < 4.78 is 81.1. The summed E-state index contributed by atoms with van der Waals surface area (Å²) in [6, 6.07) is 4.41. The van der Waals surface area contributed by atoms with Crippen molar-refractivity contribution in [2.75, 3.05) is 6.61 Å². The van der Waals surface area contributed by atoms with Gasteiger partial charge in [-0.2, -0.15) is 18.3 Å². The van der Waals surface area contributed by atoms with Crippen molar-refractivity contribution >= 4 is 5.97 Å². The van der Waals surface area contributed by atoms with Gasteiger partial charge in [0, 0.05) is 0 Å². The Hall–Kier alpha value is -3.76. The van der Waals surface area contributed by atoms with Crippen LogP contribution in [0.4, 0.5) is 22.0 Å². The van der Waals surface area contributed by atoms with Gasteiger partial charge in [-0.15, -0.1) is 0 Å². The first-order valence-electron chi connectivity index (χ1n) is 9.82. The molecular formula is C22H16F5N3O3. The van der Waals surface area contributed by atoms with Crippen LogP contribution in [0, 0.1) is 5.82 Å². The molecule has 0 spiro atoms. The van der Waals surface area contributed by atoms with E-state index >= 15 is 0 Å². The summed E-state index contributed by atoms with van der Waals surface area (Å²) in [4.78, 5) is 12.7. The number of esters is 1. The number of hydrogen-bond donors (Lipinski definition) is 0. The maximum atomic E-state index is 14.5. The average Bonchev–Trinajstić information content (AvgIpc) is 3.38. The smallest absolute Gasteiger partial charge is 0.434 e. The molecule has 172 valence electrons. The number of aromatic nitrogens is 3. The first-order valence-corrected chi connectivity index (χ1v) is 9.82. The second kappa shape index (κ2) is 8.64. The highest BCUT2D eigenvalue weighted by Crippen LogP contribution is 2.43. The Morgan fingerprint density at radius 2 is 2.09 bits per heavy atom. The van der Waals surface area contributed by atoms with E-state index < -0.39 is 52.3 Å². The molecule has 11 heteroatoms. The van der Waals surface area contributed by atoms with E-state index in [-0.39, 0.29) is 24.4 Å². The minimum Gasteiger partial charge on any atom is -0.462 e. The van der Waals surface area contributed by atoms with E-state index in [0.717, 1.165) is 18.3 Å². The van der Waals surface area contributed by atoms with Gasteiger partial charge in [0.15, 0.2) is 11.5 Å². The number of benzene rings is 1. The number of allylic oxidation sites excluding steroid dienone is 4. The second-order valence-corrected chi connectivity index (χ2v) is 7.06. The molecule has 1 atom stereocenters. The Labute approximate surface area is 183 Å². The maximum Gasteiger partial charge on any atom is 0.434 e. The van der Waals surface area contributed by atoms with Crippen LogP contribution in [-0.2, 0) is 10.9 Å². The first-order chi connectivity index (χ1) is 15.7. The average molecular weight is 465 g/mol. The third kappa shape index (κ3) is 4.18. The van der Waals surface area contributed by atoms with Crippen molar-refractivity contribution in [1.82, 2.24) is 14.9 Å². The fourth-order valence-corrected chi connectivity index (χ4v) is 3.56. The third-order valence-corrected chi connectivity index (χ3v) is 4.96. The van der Waals surface area contributed by atoms with Gasteiger partial charge in [0.2, 0.25) is 0 Å². The van der Waals surface area contributed by atoms with Gasteiger partial charge in [-0.3, -0.25) is 0 Å². The molecule has 3 aromatic rings. The zero-order chi connectivity index (χ0) is 23.8. The van der Waals surface area contributed by atoms with Crippen molar-refractivity contribution in [3.63, 3.8) is 0 Å². The van der Waals surface area contributed by atoms with Gasteiger partial charge in [0.1, 0.15) is 22.9 Å². The van der Waals surface area contributed by atoms with Gasteiger partial charge in [-0.1, -0.05) is 23.4 Å². The summed E-state index contributed by atoms with van der Waals surface area (Å²) in [6.07, 6.45) is 0.237. The number of alkyl halides is 3. The van der Waals surface area contributed by atoms with Crippen LogP contribution >= 0.6 is 0 Å². The van der Waals surface area contributed by atoms with Gasteiger partial charge in [0.05, 0.1) is 30.0 Å². The maximum absolute atomic E-state index is 14.5. The number of carbonyl (C=O) groups excluding carboxylic acids is 1. The minimum atomic E-state index is -4.98. The van der Waals surface area contributed by atoms with E-state index in [1.54, 1.807) is 6.08 Å². The molecule has 0 fully saturated rings. The number of hydrogen-bond acceptors (Lipinski definition) is 5. The topological polar surface area (TPSA) is 70.2 Å². The zero-order valence-corrected chi connectivity index (χ0v) is 17.1. The Morgan fingerprint density at radius 3 is 2.76 bits per heavy atom. The minimum absolute atomic E-state index is 0.0829. The van der Waals surface area contributed by atoms with Crippen molar-refractivity contribution < 1.29 is 36.0 Å². The van der Waals surface area contributed by atoms with Crippen molar-refractivity contribution in [2.45, 2.75) is 25.4 Å². The SMILES string of the molecule is CCOC(=O)c1c(C2CC=CC=C2F)noc1-c1cnn(-c2cccc(F)c2)c1C(F)(F)F. The van der Waals surface area contributed by atoms with Gasteiger partial charge in [-0.05, 0) is 37.6 Å².